The molecule has 0 aliphatic carbocycles. The molecule has 0 unspecified atom stereocenters. The molecule has 0 radical (unpaired) electrons. The predicted molar refractivity (Wildman–Crippen MR) is 59.0 cm³/mol. The van der Waals surface area contributed by atoms with E-state index in [1.54, 1.807) is 0 Å². The van der Waals surface area contributed by atoms with Gasteiger partial charge in [0.25, 0.3) is 0 Å². The van der Waals surface area contributed by atoms with Crippen molar-refractivity contribution in [3.63, 3.8) is 0 Å². The Bertz CT molecular complexity index is 475. The quantitative estimate of drug-likeness (QED) is 0.362. The zero-order valence-electron chi connectivity index (χ0n) is 7.71. The van der Waals surface area contributed by atoms with E-state index in [2.05, 4.69) is 9.37 Å². The second-order valence-electron chi connectivity index (χ2n) is 2.96. The summed E-state index contributed by atoms with van der Waals surface area (Å²) in [5, 5.41) is 13.5. The number of nitrogen functional groups attached to an aromatic ring is 1. The van der Waals surface area contributed by atoms with Crippen LogP contribution in [0.4, 0.5) is 5.69 Å². The lowest BCUT2D eigenvalue weighted by molar-refractivity contribution is -0.432. The van der Waals surface area contributed by atoms with Gasteiger partial charge in [-0.25, -0.2) is 5.26 Å². The van der Waals surface area contributed by atoms with Crippen molar-refractivity contribution in [3.8, 4) is 0 Å². The summed E-state index contributed by atoms with van der Waals surface area (Å²) in [6.45, 7) is 0. The highest BCUT2D eigenvalue weighted by atomic mass is 32.2. The molecule has 0 heterocycles. The molecule has 0 saturated heterocycles. The van der Waals surface area contributed by atoms with Crippen LogP contribution >= 0.6 is 12.0 Å². The van der Waals surface area contributed by atoms with Crippen LogP contribution in [-0.2, 0) is 9.37 Å². The summed E-state index contributed by atoms with van der Waals surface area (Å²) in [7, 11) is 0. The average Bonchev–Trinajstić information content (AvgIpc) is 2.26. The molecule has 2 rings (SSSR count). The van der Waals surface area contributed by atoms with Gasteiger partial charge in [0.2, 0.25) is 0 Å². The third kappa shape index (κ3) is 2.21. The first-order chi connectivity index (χ1) is 7.31. The summed E-state index contributed by atoms with van der Waals surface area (Å²) in [6.07, 6.45) is 0. The Labute approximate surface area is 90.7 Å². The summed E-state index contributed by atoms with van der Waals surface area (Å²) in [5.41, 5.74) is 6.54. The molecule has 0 bridgehead atoms. The molecular formula is C10H9NO3S. The number of hydrogen-bond acceptors (Lipinski definition) is 5. The Morgan fingerprint density at radius 1 is 1.20 bits per heavy atom. The second-order valence-corrected chi connectivity index (χ2v) is 3.73. The lowest BCUT2D eigenvalue weighted by atomic mass is 10.1. The van der Waals surface area contributed by atoms with E-state index in [1.807, 2.05) is 36.4 Å². The van der Waals surface area contributed by atoms with Crippen molar-refractivity contribution in [1.29, 1.82) is 0 Å². The molecule has 0 fully saturated rings. The first-order valence-electron chi connectivity index (χ1n) is 4.24. The Balaban J connectivity index is 2.39. The van der Waals surface area contributed by atoms with E-state index >= 15 is 0 Å². The highest BCUT2D eigenvalue weighted by molar-refractivity contribution is 7.94. The molecule has 0 amide bonds. The largest absolute Gasteiger partial charge is 0.398 e. The SMILES string of the molecule is Nc1cccc2cc(SOOO)ccc12. The summed E-state index contributed by atoms with van der Waals surface area (Å²) in [4.78, 5) is 0.821. The minimum Gasteiger partial charge on any atom is -0.398 e. The van der Waals surface area contributed by atoms with Crippen molar-refractivity contribution in [2.24, 2.45) is 0 Å². The van der Waals surface area contributed by atoms with Crippen LogP contribution in [0.25, 0.3) is 10.8 Å². The summed E-state index contributed by atoms with van der Waals surface area (Å²) < 4.78 is 4.34. The molecule has 4 nitrogen and oxygen atoms in total. The average molecular weight is 223 g/mol. The number of nitrogens with two attached hydrogens (primary N) is 1. The molecule has 3 N–H and O–H groups in total. The van der Waals surface area contributed by atoms with E-state index in [1.165, 1.54) is 0 Å². The third-order valence-electron chi connectivity index (χ3n) is 2.05. The van der Waals surface area contributed by atoms with Crippen LogP contribution in [0.3, 0.4) is 0 Å². The van der Waals surface area contributed by atoms with Crippen molar-refractivity contribution in [2.45, 2.75) is 4.90 Å². The Hall–Kier alpha value is -1.27. The highest BCUT2D eigenvalue weighted by Crippen LogP contribution is 2.27. The molecule has 0 saturated carbocycles. The normalized spacial score (nSPS) is 10.7. The van der Waals surface area contributed by atoms with Gasteiger partial charge in [-0.3, -0.25) is 0 Å². The second kappa shape index (κ2) is 4.50. The van der Waals surface area contributed by atoms with Crippen LogP contribution in [0, 0.1) is 0 Å². The van der Waals surface area contributed by atoms with Gasteiger partial charge < -0.3 is 5.73 Å². The van der Waals surface area contributed by atoms with Gasteiger partial charge in [-0.05, 0) is 23.6 Å². The fraction of sp³-hybridized carbons (Fsp3) is 0. The first-order valence-corrected chi connectivity index (χ1v) is 4.98. The van der Waals surface area contributed by atoms with Crippen LogP contribution in [-0.4, -0.2) is 5.26 Å². The van der Waals surface area contributed by atoms with Gasteiger partial charge in [0, 0.05) is 16.0 Å². The molecule has 78 valence electrons. The van der Waals surface area contributed by atoms with Gasteiger partial charge >= 0.3 is 0 Å². The molecule has 0 aliphatic rings. The Morgan fingerprint density at radius 2 is 2.07 bits per heavy atom. The first kappa shape index (κ1) is 10.3. The van der Waals surface area contributed by atoms with E-state index in [0.29, 0.717) is 0 Å². The van der Waals surface area contributed by atoms with Crippen molar-refractivity contribution < 1.29 is 14.6 Å². The Morgan fingerprint density at radius 3 is 2.87 bits per heavy atom. The van der Waals surface area contributed by atoms with E-state index < -0.39 is 0 Å². The minimum atomic E-state index is 0.739. The fourth-order valence-corrected chi connectivity index (χ4v) is 1.80. The number of rotatable bonds is 3. The van der Waals surface area contributed by atoms with Crippen LogP contribution in [0.2, 0.25) is 0 Å². The maximum atomic E-state index is 8.02. The predicted octanol–water partition coefficient (Wildman–Crippen LogP) is 2.85. The molecule has 2 aromatic rings. The van der Waals surface area contributed by atoms with Crippen LogP contribution in [0.1, 0.15) is 0 Å². The van der Waals surface area contributed by atoms with E-state index in [9.17, 15) is 0 Å². The third-order valence-corrected chi connectivity index (χ3v) is 2.62. The highest BCUT2D eigenvalue weighted by Gasteiger charge is 2.00. The standard InChI is InChI=1S/C10H9NO3S/c11-10-3-1-2-7-6-8(15-14-13-12)4-5-9(7)10/h1-6,12H,11H2. The smallest absolute Gasteiger partial charge is 0.0714 e. The zero-order valence-corrected chi connectivity index (χ0v) is 8.53. The number of anilines is 1. The topological polar surface area (TPSA) is 64.7 Å². The fourth-order valence-electron chi connectivity index (χ4n) is 1.39. The number of hydrogen-bond donors (Lipinski definition) is 2. The minimum absolute atomic E-state index is 0.739. The zero-order chi connectivity index (χ0) is 10.7. The maximum absolute atomic E-state index is 8.02. The van der Waals surface area contributed by atoms with Crippen molar-refractivity contribution in [2.75, 3.05) is 5.73 Å². The lowest BCUT2D eigenvalue weighted by Gasteiger charge is -2.03. The molecule has 0 atom stereocenters. The van der Waals surface area contributed by atoms with E-state index in [4.69, 9.17) is 11.0 Å². The molecule has 0 aliphatic heterocycles. The Kier molecular flexibility index (Phi) is 3.08. The summed E-state index contributed by atoms with van der Waals surface area (Å²) in [6, 6.07) is 11.3. The van der Waals surface area contributed by atoms with Crippen LogP contribution in [0.15, 0.2) is 41.3 Å². The number of fused-ring (bicyclic) bond motifs is 1. The van der Waals surface area contributed by atoms with Crippen molar-refractivity contribution in [3.05, 3.63) is 36.4 Å². The van der Waals surface area contributed by atoms with Gasteiger partial charge in [-0.15, -0.1) is 4.33 Å². The molecule has 2 aromatic carbocycles. The van der Waals surface area contributed by atoms with Crippen LogP contribution in [0.5, 0.6) is 0 Å². The van der Waals surface area contributed by atoms with E-state index in [-0.39, 0.29) is 0 Å². The van der Waals surface area contributed by atoms with Gasteiger partial charge in [-0.1, -0.05) is 23.2 Å². The molecule has 0 aromatic heterocycles. The van der Waals surface area contributed by atoms with Gasteiger partial charge in [0.15, 0.2) is 0 Å². The number of benzene rings is 2. The maximum Gasteiger partial charge on any atom is 0.0714 e. The monoisotopic (exact) mass is 223 g/mol. The van der Waals surface area contributed by atoms with Gasteiger partial charge in [-0.2, -0.15) is 0 Å². The van der Waals surface area contributed by atoms with Gasteiger partial charge in [0.1, 0.15) is 0 Å². The summed E-state index contributed by atoms with van der Waals surface area (Å²) >= 11 is 0.928. The molecule has 5 heteroatoms. The van der Waals surface area contributed by atoms with Crippen molar-refractivity contribution in [1.82, 2.24) is 0 Å². The lowest BCUT2D eigenvalue weighted by Crippen LogP contribution is -1.86. The van der Waals surface area contributed by atoms with Crippen LogP contribution < -0.4 is 5.73 Å². The molecular weight excluding hydrogens is 214 g/mol. The molecule has 15 heavy (non-hydrogen) atoms. The van der Waals surface area contributed by atoms with Crippen molar-refractivity contribution >= 4 is 28.5 Å². The molecule has 0 spiro atoms. The summed E-state index contributed by atoms with van der Waals surface area (Å²) in [5.74, 6) is 0. The van der Waals surface area contributed by atoms with E-state index in [0.717, 1.165) is 33.4 Å². The van der Waals surface area contributed by atoms with Gasteiger partial charge in [0.05, 0.1) is 12.0 Å².